The van der Waals surface area contributed by atoms with Gasteiger partial charge in [-0.1, -0.05) is 13.8 Å². The molecular weight excluding hydrogens is 244 g/mol. The van der Waals surface area contributed by atoms with Gasteiger partial charge < -0.3 is 10.5 Å². The van der Waals surface area contributed by atoms with Gasteiger partial charge in [-0.25, -0.2) is 0 Å². The summed E-state index contributed by atoms with van der Waals surface area (Å²) in [5.41, 5.74) is 6.34. The molecule has 0 radical (unpaired) electrons. The lowest BCUT2D eigenvalue weighted by atomic mass is 9.84. The number of rotatable bonds is 2. The molecule has 0 spiro atoms. The van der Waals surface area contributed by atoms with E-state index in [0.717, 1.165) is 26.0 Å². The van der Waals surface area contributed by atoms with E-state index < -0.39 is 0 Å². The van der Waals surface area contributed by atoms with E-state index in [9.17, 15) is 0 Å². The van der Waals surface area contributed by atoms with Gasteiger partial charge in [0, 0.05) is 42.3 Å². The van der Waals surface area contributed by atoms with Crippen LogP contribution >= 0.6 is 11.8 Å². The molecule has 0 aromatic heterocycles. The molecule has 2 saturated heterocycles. The molecule has 2 aliphatic heterocycles. The third-order valence-electron chi connectivity index (χ3n) is 4.53. The summed E-state index contributed by atoms with van der Waals surface area (Å²) in [5, 5.41) is 0. The van der Waals surface area contributed by atoms with Crippen LogP contribution in [0.1, 0.15) is 40.0 Å². The maximum atomic E-state index is 6.15. The second kappa shape index (κ2) is 5.70. The Bertz CT molecular complexity index is 285. The summed E-state index contributed by atoms with van der Waals surface area (Å²) in [6, 6.07) is 0. The van der Waals surface area contributed by atoms with Gasteiger partial charge in [0.1, 0.15) is 0 Å². The van der Waals surface area contributed by atoms with Crippen molar-refractivity contribution in [1.29, 1.82) is 0 Å². The third kappa shape index (κ3) is 3.21. The molecule has 2 N–H and O–H groups in total. The van der Waals surface area contributed by atoms with Gasteiger partial charge in [0.05, 0.1) is 6.10 Å². The summed E-state index contributed by atoms with van der Waals surface area (Å²) < 4.78 is 6.13. The van der Waals surface area contributed by atoms with E-state index in [2.05, 4.69) is 37.4 Å². The molecule has 0 aromatic rings. The van der Waals surface area contributed by atoms with Crippen molar-refractivity contribution >= 4 is 11.8 Å². The highest BCUT2D eigenvalue weighted by molar-refractivity contribution is 8.00. The summed E-state index contributed by atoms with van der Waals surface area (Å²) in [7, 11) is 0. The lowest BCUT2D eigenvalue weighted by molar-refractivity contribution is -0.0621. The number of nitrogens with two attached hydrogens (primary N) is 1. The van der Waals surface area contributed by atoms with Crippen molar-refractivity contribution in [2.75, 3.05) is 32.0 Å². The van der Waals surface area contributed by atoms with E-state index >= 15 is 0 Å². The Morgan fingerprint density at radius 1 is 1.33 bits per heavy atom. The van der Waals surface area contributed by atoms with Crippen LogP contribution in [0.3, 0.4) is 0 Å². The zero-order valence-corrected chi connectivity index (χ0v) is 12.9. The average molecular weight is 272 g/mol. The molecule has 2 aliphatic rings. The number of hydrogen-bond acceptors (Lipinski definition) is 4. The molecule has 0 amide bonds. The maximum Gasteiger partial charge on any atom is 0.0565 e. The fourth-order valence-electron chi connectivity index (χ4n) is 3.24. The highest BCUT2D eigenvalue weighted by atomic mass is 32.2. The highest BCUT2D eigenvalue weighted by Gasteiger charge is 2.41. The van der Waals surface area contributed by atoms with Gasteiger partial charge in [0.2, 0.25) is 0 Å². The molecule has 0 aliphatic carbocycles. The smallest absolute Gasteiger partial charge is 0.0565 e. The van der Waals surface area contributed by atoms with Gasteiger partial charge in [0.15, 0.2) is 0 Å². The van der Waals surface area contributed by atoms with Crippen molar-refractivity contribution in [3.63, 3.8) is 0 Å². The van der Waals surface area contributed by atoms with Crippen molar-refractivity contribution in [3.8, 4) is 0 Å². The largest absolute Gasteiger partial charge is 0.378 e. The number of thioether (sulfide) groups is 1. The normalized spacial score (nSPS) is 38.3. The van der Waals surface area contributed by atoms with Crippen LogP contribution in [0.5, 0.6) is 0 Å². The first kappa shape index (κ1) is 14.6. The van der Waals surface area contributed by atoms with Gasteiger partial charge in [-0.2, -0.15) is 11.8 Å². The second-order valence-electron chi connectivity index (χ2n) is 6.41. The summed E-state index contributed by atoms with van der Waals surface area (Å²) in [6.45, 7) is 10.9. The van der Waals surface area contributed by atoms with E-state index in [1.165, 1.54) is 25.3 Å². The fraction of sp³-hybridized carbons (Fsp3) is 1.00. The monoisotopic (exact) mass is 272 g/mol. The molecule has 0 bridgehead atoms. The van der Waals surface area contributed by atoms with E-state index in [0.29, 0.717) is 10.9 Å². The van der Waals surface area contributed by atoms with Crippen LogP contribution in [0.2, 0.25) is 0 Å². The quantitative estimate of drug-likeness (QED) is 0.835. The molecule has 2 heterocycles. The first-order chi connectivity index (χ1) is 8.47. The Hall–Kier alpha value is 0.230. The predicted octanol–water partition coefficient (Wildman–Crippen LogP) is 2.10. The lowest BCUT2D eigenvalue weighted by Crippen LogP contribution is -2.58. The minimum Gasteiger partial charge on any atom is -0.378 e. The Labute approximate surface area is 116 Å². The second-order valence-corrected chi connectivity index (χ2v) is 8.21. The van der Waals surface area contributed by atoms with Gasteiger partial charge in [-0.15, -0.1) is 0 Å². The molecule has 2 fully saturated rings. The summed E-state index contributed by atoms with van der Waals surface area (Å²) in [5.74, 6) is 1.23. The highest BCUT2D eigenvalue weighted by Crippen LogP contribution is 2.36. The number of hydrogen-bond donors (Lipinski definition) is 1. The SMILES string of the molecule is CC1CC(CN)(N2CCSC(C)(C)CC2)CCO1. The van der Waals surface area contributed by atoms with Crippen LogP contribution < -0.4 is 5.73 Å². The van der Waals surface area contributed by atoms with Crippen molar-refractivity contribution < 1.29 is 4.74 Å². The summed E-state index contributed by atoms with van der Waals surface area (Å²) >= 11 is 2.11. The van der Waals surface area contributed by atoms with Gasteiger partial charge in [0.25, 0.3) is 0 Å². The van der Waals surface area contributed by atoms with Gasteiger partial charge in [-0.05, 0) is 26.2 Å². The third-order valence-corrected chi connectivity index (χ3v) is 5.90. The van der Waals surface area contributed by atoms with E-state index in [4.69, 9.17) is 10.5 Å². The summed E-state index contributed by atoms with van der Waals surface area (Å²) in [4.78, 5) is 2.66. The maximum absolute atomic E-state index is 6.15. The van der Waals surface area contributed by atoms with Crippen molar-refractivity contribution in [1.82, 2.24) is 4.90 Å². The van der Waals surface area contributed by atoms with E-state index in [1.807, 2.05) is 0 Å². The van der Waals surface area contributed by atoms with Gasteiger partial charge in [-0.3, -0.25) is 4.90 Å². The molecule has 106 valence electrons. The minimum atomic E-state index is 0.193. The molecule has 3 nitrogen and oxygen atoms in total. The first-order valence-electron chi connectivity index (χ1n) is 7.18. The van der Waals surface area contributed by atoms with E-state index in [1.54, 1.807) is 0 Å². The molecule has 2 atom stereocenters. The Balaban J connectivity index is 2.07. The average Bonchev–Trinajstić information content (AvgIpc) is 2.50. The lowest BCUT2D eigenvalue weighted by Gasteiger charge is -2.47. The number of ether oxygens (including phenoxy) is 1. The summed E-state index contributed by atoms with van der Waals surface area (Å²) in [6.07, 6.45) is 3.80. The van der Waals surface area contributed by atoms with Crippen LogP contribution in [0.4, 0.5) is 0 Å². The van der Waals surface area contributed by atoms with Crippen molar-refractivity contribution in [3.05, 3.63) is 0 Å². The molecule has 4 heteroatoms. The molecular formula is C14H28N2OS. The zero-order valence-electron chi connectivity index (χ0n) is 12.1. The molecule has 18 heavy (non-hydrogen) atoms. The topological polar surface area (TPSA) is 38.5 Å². The van der Waals surface area contributed by atoms with Crippen molar-refractivity contribution in [2.24, 2.45) is 5.73 Å². The standard InChI is InChI=1S/C14H28N2OS/c1-12-10-14(11-15,5-8-17-12)16-6-4-13(2,3)18-9-7-16/h12H,4-11,15H2,1-3H3. The fourth-order valence-corrected chi connectivity index (χ4v) is 4.34. The van der Waals surface area contributed by atoms with E-state index in [-0.39, 0.29) is 5.54 Å². The Morgan fingerprint density at radius 3 is 2.78 bits per heavy atom. The molecule has 2 rings (SSSR count). The molecule has 0 aromatic carbocycles. The van der Waals surface area contributed by atoms with Gasteiger partial charge >= 0.3 is 0 Å². The Kier molecular flexibility index (Phi) is 4.63. The number of nitrogens with zero attached hydrogens (tertiary/aromatic N) is 1. The predicted molar refractivity (Wildman–Crippen MR) is 79.2 cm³/mol. The van der Waals surface area contributed by atoms with Crippen LogP contribution in [0.25, 0.3) is 0 Å². The van der Waals surface area contributed by atoms with Crippen LogP contribution in [0, 0.1) is 0 Å². The minimum absolute atomic E-state index is 0.193. The zero-order chi connectivity index (χ0) is 13.2. The Morgan fingerprint density at radius 2 is 2.11 bits per heavy atom. The van der Waals surface area contributed by atoms with Crippen LogP contribution in [0.15, 0.2) is 0 Å². The van der Waals surface area contributed by atoms with Crippen LogP contribution in [-0.4, -0.2) is 53.3 Å². The van der Waals surface area contributed by atoms with Crippen molar-refractivity contribution in [2.45, 2.75) is 56.4 Å². The molecule has 2 unspecified atom stereocenters. The molecule has 0 saturated carbocycles. The van der Waals surface area contributed by atoms with Crippen LogP contribution in [-0.2, 0) is 4.74 Å². The first-order valence-corrected chi connectivity index (χ1v) is 8.17.